The van der Waals surface area contributed by atoms with Crippen molar-refractivity contribution >= 4 is 5.91 Å². The molecular formula is C17H23N5O. The second kappa shape index (κ2) is 7.37. The highest BCUT2D eigenvalue weighted by atomic mass is 16.1. The SMILES string of the molecule is CCn1cc(CN(Cc2ccncc2)C[C@@H]2CCC(=O)N2)cn1. The van der Waals surface area contributed by atoms with E-state index in [1.807, 2.05) is 35.4 Å². The number of hydrogen-bond donors (Lipinski definition) is 1. The molecule has 2 aromatic heterocycles. The largest absolute Gasteiger partial charge is 0.352 e. The number of pyridine rings is 1. The van der Waals surface area contributed by atoms with Crippen LogP contribution in [0, 0.1) is 0 Å². The highest BCUT2D eigenvalue weighted by molar-refractivity contribution is 5.78. The first kappa shape index (κ1) is 15.7. The average Bonchev–Trinajstić information content (AvgIpc) is 3.17. The van der Waals surface area contributed by atoms with E-state index in [1.54, 1.807) is 0 Å². The topological polar surface area (TPSA) is 63.1 Å². The highest BCUT2D eigenvalue weighted by Gasteiger charge is 2.23. The van der Waals surface area contributed by atoms with Crippen molar-refractivity contribution < 1.29 is 4.79 Å². The molecule has 1 atom stereocenters. The van der Waals surface area contributed by atoms with E-state index >= 15 is 0 Å². The van der Waals surface area contributed by atoms with Crippen LogP contribution in [0.4, 0.5) is 0 Å². The minimum Gasteiger partial charge on any atom is -0.352 e. The third-order valence-corrected chi connectivity index (χ3v) is 4.14. The fourth-order valence-corrected chi connectivity index (χ4v) is 2.98. The summed E-state index contributed by atoms with van der Waals surface area (Å²) in [6.07, 6.45) is 9.21. The van der Waals surface area contributed by atoms with Crippen LogP contribution in [0.2, 0.25) is 0 Å². The standard InChI is InChI=1S/C17H23N5O/c1-2-22-12-15(9-19-22)11-21(10-14-5-7-18-8-6-14)13-16-3-4-17(23)20-16/h5-9,12,16H,2-4,10-11,13H2,1H3,(H,20,23)/t16-/m0/s1. The van der Waals surface area contributed by atoms with E-state index in [0.29, 0.717) is 6.42 Å². The van der Waals surface area contributed by atoms with Gasteiger partial charge in [0.2, 0.25) is 5.91 Å². The van der Waals surface area contributed by atoms with Gasteiger partial charge in [-0.1, -0.05) is 0 Å². The number of nitrogens with one attached hydrogen (secondary N) is 1. The summed E-state index contributed by atoms with van der Waals surface area (Å²) in [7, 11) is 0. The van der Waals surface area contributed by atoms with Gasteiger partial charge in [0.25, 0.3) is 0 Å². The van der Waals surface area contributed by atoms with E-state index in [0.717, 1.165) is 32.6 Å². The average molecular weight is 313 g/mol. The summed E-state index contributed by atoms with van der Waals surface area (Å²) < 4.78 is 1.94. The first-order valence-electron chi connectivity index (χ1n) is 8.15. The number of rotatable bonds is 7. The summed E-state index contributed by atoms with van der Waals surface area (Å²) in [4.78, 5) is 17.9. The summed E-state index contributed by atoms with van der Waals surface area (Å²) in [5.41, 5.74) is 2.43. The molecule has 1 amide bonds. The molecular weight excluding hydrogens is 290 g/mol. The molecule has 0 spiro atoms. The maximum absolute atomic E-state index is 11.4. The fourth-order valence-electron chi connectivity index (χ4n) is 2.98. The monoisotopic (exact) mass is 313 g/mol. The molecule has 1 fully saturated rings. The molecule has 0 unspecified atom stereocenters. The van der Waals surface area contributed by atoms with E-state index in [-0.39, 0.29) is 11.9 Å². The summed E-state index contributed by atoms with van der Waals surface area (Å²) in [6, 6.07) is 4.32. The molecule has 0 saturated carbocycles. The van der Waals surface area contributed by atoms with Crippen LogP contribution in [-0.4, -0.2) is 38.2 Å². The minimum atomic E-state index is 0.165. The Labute approximate surface area is 136 Å². The van der Waals surface area contributed by atoms with Gasteiger partial charge in [-0.05, 0) is 31.0 Å². The predicted molar refractivity (Wildman–Crippen MR) is 87.4 cm³/mol. The number of aromatic nitrogens is 3. The molecule has 1 aliphatic heterocycles. The molecule has 0 aliphatic carbocycles. The van der Waals surface area contributed by atoms with Crippen LogP contribution in [0.1, 0.15) is 30.9 Å². The number of carbonyl (C=O) groups excluding carboxylic acids is 1. The lowest BCUT2D eigenvalue weighted by Crippen LogP contribution is -2.38. The van der Waals surface area contributed by atoms with Crippen LogP contribution in [0.25, 0.3) is 0 Å². The van der Waals surface area contributed by atoms with E-state index < -0.39 is 0 Å². The van der Waals surface area contributed by atoms with Gasteiger partial charge in [0, 0.05) is 62.8 Å². The van der Waals surface area contributed by atoms with Crippen molar-refractivity contribution in [3.05, 3.63) is 48.0 Å². The Bertz CT molecular complexity index is 639. The van der Waals surface area contributed by atoms with Gasteiger partial charge in [-0.15, -0.1) is 0 Å². The molecule has 6 heteroatoms. The summed E-state index contributed by atoms with van der Waals surface area (Å²) >= 11 is 0. The molecule has 1 saturated heterocycles. The first-order chi connectivity index (χ1) is 11.2. The molecule has 122 valence electrons. The predicted octanol–water partition coefficient (Wildman–Crippen LogP) is 1.58. The fraction of sp³-hybridized carbons (Fsp3) is 0.471. The van der Waals surface area contributed by atoms with Crippen LogP contribution in [0.3, 0.4) is 0 Å². The van der Waals surface area contributed by atoms with Crippen molar-refractivity contribution in [3.8, 4) is 0 Å². The lowest BCUT2D eigenvalue weighted by molar-refractivity contribution is -0.119. The number of aryl methyl sites for hydroxylation is 1. The molecule has 0 aromatic carbocycles. The zero-order valence-corrected chi connectivity index (χ0v) is 13.5. The van der Waals surface area contributed by atoms with Gasteiger partial charge in [0.15, 0.2) is 0 Å². The van der Waals surface area contributed by atoms with Gasteiger partial charge in [0.1, 0.15) is 0 Å². The van der Waals surface area contributed by atoms with Crippen LogP contribution in [0.5, 0.6) is 0 Å². The summed E-state index contributed by atoms with van der Waals surface area (Å²) in [5, 5.41) is 7.41. The van der Waals surface area contributed by atoms with E-state index in [9.17, 15) is 4.79 Å². The number of amides is 1. The number of carbonyl (C=O) groups is 1. The maximum atomic E-state index is 11.4. The molecule has 6 nitrogen and oxygen atoms in total. The van der Waals surface area contributed by atoms with Gasteiger partial charge < -0.3 is 5.32 Å². The first-order valence-corrected chi connectivity index (χ1v) is 8.15. The van der Waals surface area contributed by atoms with Gasteiger partial charge in [-0.2, -0.15) is 5.10 Å². The van der Waals surface area contributed by atoms with Crippen LogP contribution < -0.4 is 5.32 Å². The Balaban J connectivity index is 1.68. The lowest BCUT2D eigenvalue weighted by Gasteiger charge is -2.25. The van der Waals surface area contributed by atoms with Gasteiger partial charge in [-0.25, -0.2) is 0 Å². The molecule has 3 heterocycles. The van der Waals surface area contributed by atoms with Gasteiger partial charge in [0.05, 0.1) is 6.20 Å². The second-order valence-electron chi connectivity index (χ2n) is 6.03. The highest BCUT2D eigenvalue weighted by Crippen LogP contribution is 2.14. The maximum Gasteiger partial charge on any atom is 0.220 e. The summed E-state index contributed by atoms with van der Waals surface area (Å²) in [6.45, 7) is 5.48. The third kappa shape index (κ3) is 4.39. The van der Waals surface area contributed by atoms with Crippen molar-refractivity contribution in [1.82, 2.24) is 25.0 Å². The van der Waals surface area contributed by atoms with E-state index in [2.05, 4.69) is 33.4 Å². The van der Waals surface area contributed by atoms with Gasteiger partial charge >= 0.3 is 0 Å². The Morgan fingerprint density at radius 2 is 2.09 bits per heavy atom. The van der Waals surface area contributed by atoms with Crippen molar-refractivity contribution in [2.24, 2.45) is 0 Å². The second-order valence-corrected chi connectivity index (χ2v) is 6.03. The van der Waals surface area contributed by atoms with Crippen molar-refractivity contribution in [2.45, 2.75) is 45.4 Å². The zero-order chi connectivity index (χ0) is 16.1. The quantitative estimate of drug-likeness (QED) is 0.843. The molecule has 0 radical (unpaired) electrons. The molecule has 1 N–H and O–H groups in total. The minimum absolute atomic E-state index is 0.165. The lowest BCUT2D eigenvalue weighted by atomic mass is 10.1. The smallest absolute Gasteiger partial charge is 0.220 e. The van der Waals surface area contributed by atoms with Crippen LogP contribution in [-0.2, 0) is 24.4 Å². The number of nitrogens with zero attached hydrogens (tertiary/aromatic N) is 4. The zero-order valence-electron chi connectivity index (χ0n) is 13.5. The third-order valence-electron chi connectivity index (χ3n) is 4.14. The summed E-state index contributed by atoms with van der Waals surface area (Å²) in [5.74, 6) is 0.165. The van der Waals surface area contributed by atoms with Crippen LogP contribution in [0.15, 0.2) is 36.9 Å². The van der Waals surface area contributed by atoms with Crippen LogP contribution >= 0.6 is 0 Å². The molecule has 2 aromatic rings. The van der Waals surface area contributed by atoms with E-state index in [4.69, 9.17) is 0 Å². The molecule has 1 aliphatic rings. The Hall–Kier alpha value is -2.21. The van der Waals surface area contributed by atoms with Crippen molar-refractivity contribution in [3.63, 3.8) is 0 Å². The van der Waals surface area contributed by atoms with Crippen molar-refractivity contribution in [1.29, 1.82) is 0 Å². The molecule has 23 heavy (non-hydrogen) atoms. The Morgan fingerprint density at radius 1 is 1.30 bits per heavy atom. The number of hydrogen-bond acceptors (Lipinski definition) is 4. The molecule has 0 bridgehead atoms. The van der Waals surface area contributed by atoms with Gasteiger partial charge in [-0.3, -0.25) is 19.4 Å². The molecule has 3 rings (SSSR count). The van der Waals surface area contributed by atoms with Crippen molar-refractivity contribution in [2.75, 3.05) is 6.54 Å². The normalized spacial score (nSPS) is 17.7. The Kier molecular flexibility index (Phi) is 5.02. The van der Waals surface area contributed by atoms with E-state index in [1.165, 1.54) is 11.1 Å². The Morgan fingerprint density at radius 3 is 2.74 bits per heavy atom.